The molecule has 1 aromatic heterocycles. The molecule has 0 spiro atoms. The summed E-state index contributed by atoms with van der Waals surface area (Å²) in [7, 11) is 4.00. The maximum atomic E-state index is 5.79. The van der Waals surface area contributed by atoms with Crippen LogP contribution < -0.4 is 10.6 Å². The van der Waals surface area contributed by atoms with E-state index in [1.54, 1.807) is 18.5 Å². The number of benzene rings is 1. The summed E-state index contributed by atoms with van der Waals surface area (Å²) in [5.74, 6) is 0.298. The number of rotatable bonds is 4. The van der Waals surface area contributed by atoms with Crippen molar-refractivity contribution in [2.75, 3.05) is 19.0 Å². The van der Waals surface area contributed by atoms with E-state index in [2.05, 4.69) is 15.2 Å². The van der Waals surface area contributed by atoms with Gasteiger partial charge in [-0.3, -0.25) is 4.98 Å². The quantitative estimate of drug-likeness (QED) is 0.522. The van der Waals surface area contributed by atoms with Crippen LogP contribution in [-0.2, 0) is 0 Å². The monoisotopic (exact) mass is 267 g/mol. The van der Waals surface area contributed by atoms with Gasteiger partial charge in [-0.2, -0.15) is 5.10 Å². The van der Waals surface area contributed by atoms with E-state index in [1.807, 2.05) is 55.4 Å². The van der Waals surface area contributed by atoms with Crippen LogP contribution in [0.3, 0.4) is 0 Å². The van der Waals surface area contributed by atoms with E-state index in [0.717, 1.165) is 11.3 Å². The molecule has 2 aromatic rings. The van der Waals surface area contributed by atoms with Crippen molar-refractivity contribution in [1.82, 2.24) is 4.98 Å². The SMILES string of the molecule is CN(C)c1ccc(/C=N/N=C(\N)c2ccccn2)cc1. The van der Waals surface area contributed by atoms with E-state index in [1.165, 1.54) is 0 Å². The van der Waals surface area contributed by atoms with Gasteiger partial charge < -0.3 is 10.6 Å². The first-order valence-electron chi connectivity index (χ1n) is 6.22. The van der Waals surface area contributed by atoms with Crippen molar-refractivity contribution >= 4 is 17.7 Å². The molecule has 0 aliphatic heterocycles. The van der Waals surface area contributed by atoms with E-state index < -0.39 is 0 Å². The van der Waals surface area contributed by atoms with Gasteiger partial charge in [0.15, 0.2) is 5.84 Å². The fourth-order valence-electron chi connectivity index (χ4n) is 1.58. The largest absolute Gasteiger partial charge is 0.380 e. The lowest BCUT2D eigenvalue weighted by Gasteiger charge is -2.11. The lowest BCUT2D eigenvalue weighted by molar-refractivity contribution is 1.13. The highest BCUT2D eigenvalue weighted by molar-refractivity contribution is 5.95. The van der Waals surface area contributed by atoms with Crippen LogP contribution in [0, 0.1) is 0 Å². The van der Waals surface area contributed by atoms with Crippen molar-refractivity contribution in [2.24, 2.45) is 15.9 Å². The number of nitrogens with two attached hydrogens (primary N) is 1. The second-order valence-electron chi connectivity index (χ2n) is 4.43. The molecule has 0 aliphatic rings. The Labute approximate surface area is 118 Å². The highest BCUT2D eigenvalue weighted by atomic mass is 15.2. The minimum atomic E-state index is 0.298. The van der Waals surface area contributed by atoms with Crippen molar-refractivity contribution in [1.29, 1.82) is 0 Å². The Balaban J connectivity index is 2.06. The predicted octanol–water partition coefficient (Wildman–Crippen LogP) is 1.89. The standard InChI is InChI=1S/C15H17N5/c1-20(2)13-8-6-12(7-9-13)11-18-19-15(16)14-5-3-4-10-17-14/h3-11H,1-2H3,(H2,16,19)/b18-11+. The van der Waals surface area contributed by atoms with Gasteiger partial charge in [0.05, 0.1) is 6.21 Å². The molecule has 1 aromatic carbocycles. The lowest BCUT2D eigenvalue weighted by atomic mass is 10.2. The molecule has 5 nitrogen and oxygen atoms in total. The normalized spacial score (nSPS) is 11.8. The zero-order chi connectivity index (χ0) is 14.4. The number of anilines is 1. The number of aromatic nitrogens is 1. The molecule has 0 fully saturated rings. The summed E-state index contributed by atoms with van der Waals surface area (Å²) in [4.78, 5) is 6.14. The first-order valence-corrected chi connectivity index (χ1v) is 6.22. The van der Waals surface area contributed by atoms with Crippen LogP contribution in [0.25, 0.3) is 0 Å². The molecule has 0 radical (unpaired) electrons. The van der Waals surface area contributed by atoms with Gasteiger partial charge in [-0.05, 0) is 29.8 Å². The number of hydrogen-bond acceptors (Lipinski definition) is 4. The third kappa shape index (κ3) is 3.65. The minimum absolute atomic E-state index is 0.298. The van der Waals surface area contributed by atoms with Crippen molar-refractivity contribution in [2.45, 2.75) is 0 Å². The van der Waals surface area contributed by atoms with Gasteiger partial charge >= 0.3 is 0 Å². The summed E-state index contributed by atoms with van der Waals surface area (Å²) < 4.78 is 0. The van der Waals surface area contributed by atoms with Gasteiger partial charge in [0, 0.05) is 26.0 Å². The highest BCUT2D eigenvalue weighted by Gasteiger charge is 1.97. The topological polar surface area (TPSA) is 66.9 Å². The Bertz CT molecular complexity index is 600. The summed E-state index contributed by atoms with van der Waals surface area (Å²) >= 11 is 0. The molecule has 2 rings (SSSR count). The maximum absolute atomic E-state index is 5.79. The lowest BCUT2D eigenvalue weighted by Crippen LogP contribution is -2.14. The molecule has 1 heterocycles. The average Bonchev–Trinajstić information content (AvgIpc) is 2.48. The number of amidine groups is 1. The van der Waals surface area contributed by atoms with Gasteiger partial charge in [0.2, 0.25) is 0 Å². The van der Waals surface area contributed by atoms with Crippen molar-refractivity contribution in [3.8, 4) is 0 Å². The molecule has 0 bridgehead atoms. The third-order valence-corrected chi connectivity index (χ3v) is 2.71. The molecular formula is C15H17N5. The molecule has 0 aliphatic carbocycles. The van der Waals surface area contributed by atoms with E-state index in [0.29, 0.717) is 11.5 Å². The first-order chi connectivity index (χ1) is 9.66. The Kier molecular flexibility index (Phi) is 4.44. The van der Waals surface area contributed by atoms with Crippen molar-refractivity contribution in [3.63, 3.8) is 0 Å². The van der Waals surface area contributed by atoms with Gasteiger partial charge in [0.1, 0.15) is 5.69 Å². The summed E-state index contributed by atoms with van der Waals surface area (Å²) in [5.41, 5.74) is 8.51. The van der Waals surface area contributed by atoms with Crippen LogP contribution in [-0.4, -0.2) is 31.1 Å². The van der Waals surface area contributed by atoms with E-state index in [9.17, 15) is 0 Å². The first kappa shape index (κ1) is 13.7. The summed E-state index contributed by atoms with van der Waals surface area (Å²) in [5, 5.41) is 7.91. The van der Waals surface area contributed by atoms with Gasteiger partial charge in [-0.1, -0.05) is 18.2 Å². The second-order valence-corrected chi connectivity index (χ2v) is 4.43. The molecule has 0 saturated heterocycles. The fraction of sp³-hybridized carbons (Fsp3) is 0.133. The van der Waals surface area contributed by atoms with Gasteiger partial charge in [-0.25, -0.2) is 0 Å². The van der Waals surface area contributed by atoms with Crippen molar-refractivity contribution in [3.05, 3.63) is 59.9 Å². The molecule has 0 unspecified atom stereocenters. The third-order valence-electron chi connectivity index (χ3n) is 2.71. The Morgan fingerprint density at radius 3 is 2.50 bits per heavy atom. The average molecular weight is 267 g/mol. The molecule has 0 saturated carbocycles. The fourth-order valence-corrected chi connectivity index (χ4v) is 1.58. The highest BCUT2D eigenvalue weighted by Crippen LogP contribution is 2.10. The molecular weight excluding hydrogens is 250 g/mol. The molecule has 5 heteroatoms. The minimum Gasteiger partial charge on any atom is -0.380 e. The van der Waals surface area contributed by atoms with Gasteiger partial charge in [-0.15, -0.1) is 5.10 Å². The van der Waals surface area contributed by atoms with Crippen LogP contribution >= 0.6 is 0 Å². The molecule has 0 amide bonds. The number of pyridine rings is 1. The van der Waals surface area contributed by atoms with Crippen LogP contribution in [0.1, 0.15) is 11.3 Å². The second kappa shape index (κ2) is 6.47. The zero-order valence-electron chi connectivity index (χ0n) is 11.6. The van der Waals surface area contributed by atoms with E-state index >= 15 is 0 Å². The smallest absolute Gasteiger partial charge is 0.171 e. The van der Waals surface area contributed by atoms with Crippen LogP contribution in [0.4, 0.5) is 5.69 Å². The molecule has 2 N–H and O–H groups in total. The van der Waals surface area contributed by atoms with Crippen LogP contribution in [0.15, 0.2) is 58.9 Å². The molecule has 0 atom stereocenters. The van der Waals surface area contributed by atoms with Crippen molar-refractivity contribution < 1.29 is 0 Å². The Hall–Kier alpha value is -2.69. The molecule has 102 valence electrons. The Morgan fingerprint density at radius 2 is 1.90 bits per heavy atom. The molecule has 20 heavy (non-hydrogen) atoms. The van der Waals surface area contributed by atoms with Crippen LogP contribution in [0.5, 0.6) is 0 Å². The van der Waals surface area contributed by atoms with E-state index in [4.69, 9.17) is 5.73 Å². The van der Waals surface area contributed by atoms with Gasteiger partial charge in [0.25, 0.3) is 0 Å². The summed E-state index contributed by atoms with van der Waals surface area (Å²) in [6.45, 7) is 0. The summed E-state index contributed by atoms with van der Waals surface area (Å²) in [6.07, 6.45) is 3.33. The Morgan fingerprint density at radius 1 is 1.15 bits per heavy atom. The number of hydrogen-bond donors (Lipinski definition) is 1. The zero-order valence-corrected chi connectivity index (χ0v) is 11.6. The number of nitrogens with zero attached hydrogens (tertiary/aromatic N) is 4. The maximum Gasteiger partial charge on any atom is 0.171 e. The summed E-state index contributed by atoms with van der Waals surface area (Å²) in [6, 6.07) is 13.5. The predicted molar refractivity (Wildman–Crippen MR) is 83.3 cm³/mol. The van der Waals surface area contributed by atoms with E-state index in [-0.39, 0.29) is 0 Å². The van der Waals surface area contributed by atoms with Crippen LogP contribution in [0.2, 0.25) is 0 Å².